The molecule has 0 saturated heterocycles. The predicted molar refractivity (Wildman–Crippen MR) is 80.0 cm³/mol. The molecule has 0 bridgehead atoms. The number of halogens is 2. The average molecular weight is 315 g/mol. The molecule has 0 aromatic heterocycles. The molecular formula is C17H11F2NO3. The van der Waals surface area contributed by atoms with Crippen molar-refractivity contribution in [3.8, 4) is 5.75 Å². The van der Waals surface area contributed by atoms with Gasteiger partial charge in [0.2, 0.25) is 5.90 Å². The first-order valence-corrected chi connectivity index (χ1v) is 6.69. The molecule has 1 aliphatic heterocycles. The van der Waals surface area contributed by atoms with Crippen molar-refractivity contribution in [2.45, 2.75) is 0 Å². The van der Waals surface area contributed by atoms with Crippen LogP contribution in [0.2, 0.25) is 0 Å². The van der Waals surface area contributed by atoms with Gasteiger partial charge >= 0.3 is 5.97 Å². The minimum atomic E-state index is -0.848. The van der Waals surface area contributed by atoms with Gasteiger partial charge in [0.15, 0.2) is 5.70 Å². The Morgan fingerprint density at radius 2 is 2.00 bits per heavy atom. The monoisotopic (exact) mass is 315 g/mol. The zero-order valence-electron chi connectivity index (χ0n) is 12.0. The fourth-order valence-corrected chi connectivity index (χ4v) is 2.08. The minimum Gasteiger partial charge on any atom is -0.497 e. The van der Waals surface area contributed by atoms with Crippen LogP contribution in [0.1, 0.15) is 11.1 Å². The number of methoxy groups -OCH3 is 1. The fourth-order valence-electron chi connectivity index (χ4n) is 2.08. The summed E-state index contributed by atoms with van der Waals surface area (Å²) in [6, 6.07) is 9.94. The first kappa shape index (κ1) is 14.9. The highest BCUT2D eigenvalue weighted by atomic mass is 19.1. The number of ether oxygens (including phenoxy) is 2. The Balaban J connectivity index is 1.96. The molecule has 0 unspecified atom stereocenters. The molecule has 0 radical (unpaired) electrons. The van der Waals surface area contributed by atoms with E-state index in [0.717, 1.165) is 6.07 Å². The molecule has 0 aliphatic carbocycles. The van der Waals surface area contributed by atoms with Crippen LogP contribution >= 0.6 is 0 Å². The molecule has 2 aromatic rings. The summed E-state index contributed by atoms with van der Waals surface area (Å²) in [6.45, 7) is 0. The van der Waals surface area contributed by atoms with Crippen LogP contribution in [0.5, 0.6) is 5.75 Å². The molecule has 0 fully saturated rings. The lowest BCUT2D eigenvalue weighted by atomic mass is 10.2. The Morgan fingerprint density at radius 3 is 2.74 bits per heavy atom. The summed E-state index contributed by atoms with van der Waals surface area (Å²) in [7, 11) is 1.53. The Bertz CT molecular complexity index is 843. The van der Waals surface area contributed by atoms with Gasteiger partial charge in [0.1, 0.15) is 17.4 Å². The van der Waals surface area contributed by atoms with Gasteiger partial charge in [0.25, 0.3) is 0 Å². The van der Waals surface area contributed by atoms with Gasteiger partial charge in [-0.15, -0.1) is 0 Å². The van der Waals surface area contributed by atoms with Crippen LogP contribution in [0.4, 0.5) is 8.78 Å². The summed E-state index contributed by atoms with van der Waals surface area (Å²) in [5.74, 6) is -1.84. The molecule has 4 nitrogen and oxygen atoms in total. The van der Waals surface area contributed by atoms with Crippen molar-refractivity contribution in [2.75, 3.05) is 7.11 Å². The number of rotatable bonds is 3. The van der Waals surface area contributed by atoms with Gasteiger partial charge in [-0.25, -0.2) is 18.6 Å². The lowest BCUT2D eigenvalue weighted by Crippen LogP contribution is -2.07. The second kappa shape index (κ2) is 6.00. The lowest BCUT2D eigenvalue weighted by molar-refractivity contribution is -0.129. The minimum absolute atomic E-state index is 0.0250. The lowest BCUT2D eigenvalue weighted by Gasteiger charge is -2.00. The van der Waals surface area contributed by atoms with E-state index in [0.29, 0.717) is 17.4 Å². The quantitative estimate of drug-likeness (QED) is 0.645. The Morgan fingerprint density at radius 1 is 1.17 bits per heavy atom. The molecule has 23 heavy (non-hydrogen) atoms. The number of aliphatic imine (C=N–C) groups is 1. The van der Waals surface area contributed by atoms with E-state index in [4.69, 9.17) is 9.47 Å². The van der Waals surface area contributed by atoms with Crippen molar-refractivity contribution >= 4 is 17.9 Å². The molecule has 1 heterocycles. The second-order valence-corrected chi connectivity index (χ2v) is 4.74. The third-order valence-electron chi connectivity index (χ3n) is 3.18. The van der Waals surface area contributed by atoms with E-state index in [1.165, 1.54) is 19.3 Å². The summed E-state index contributed by atoms with van der Waals surface area (Å²) in [6.07, 6.45) is 1.50. The standard InChI is InChI=1S/C17H11F2NO3/c1-22-12-4-2-3-10(7-12)8-15-17(21)23-16(20-15)13-6-5-11(18)9-14(13)19/h2-9H,1H3/b15-8-. The summed E-state index contributed by atoms with van der Waals surface area (Å²) in [5, 5.41) is 0. The van der Waals surface area contributed by atoms with Crippen LogP contribution in [-0.4, -0.2) is 19.0 Å². The number of benzene rings is 2. The van der Waals surface area contributed by atoms with E-state index < -0.39 is 17.6 Å². The molecule has 0 N–H and O–H groups in total. The number of esters is 1. The number of hydrogen-bond acceptors (Lipinski definition) is 4. The molecule has 0 amide bonds. The van der Waals surface area contributed by atoms with Crippen molar-refractivity contribution in [1.82, 2.24) is 0 Å². The molecule has 0 atom stereocenters. The zero-order valence-corrected chi connectivity index (χ0v) is 12.0. The first-order valence-electron chi connectivity index (χ1n) is 6.69. The fraction of sp³-hybridized carbons (Fsp3) is 0.0588. The third kappa shape index (κ3) is 3.11. The Labute approximate surface area is 130 Å². The maximum absolute atomic E-state index is 13.7. The molecule has 116 valence electrons. The van der Waals surface area contributed by atoms with E-state index in [-0.39, 0.29) is 17.2 Å². The number of nitrogens with zero attached hydrogens (tertiary/aromatic N) is 1. The summed E-state index contributed by atoms with van der Waals surface area (Å²) >= 11 is 0. The molecule has 0 spiro atoms. The SMILES string of the molecule is COc1cccc(/C=C2\N=C(c3ccc(F)cc3F)OC2=O)c1. The van der Waals surface area contributed by atoms with Crippen LogP contribution < -0.4 is 4.74 Å². The van der Waals surface area contributed by atoms with Gasteiger partial charge in [-0.05, 0) is 35.9 Å². The van der Waals surface area contributed by atoms with Crippen molar-refractivity contribution in [3.63, 3.8) is 0 Å². The average Bonchev–Trinajstić information content (AvgIpc) is 2.88. The number of carbonyl (C=O) groups excluding carboxylic acids is 1. The molecule has 1 aliphatic rings. The van der Waals surface area contributed by atoms with Crippen molar-refractivity contribution < 1.29 is 23.0 Å². The van der Waals surface area contributed by atoms with Crippen molar-refractivity contribution in [3.05, 3.63) is 70.9 Å². The van der Waals surface area contributed by atoms with Gasteiger partial charge in [0.05, 0.1) is 12.7 Å². The van der Waals surface area contributed by atoms with Crippen LogP contribution in [0.3, 0.4) is 0 Å². The highest BCUT2D eigenvalue weighted by Gasteiger charge is 2.26. The summed E-state index contributed by atoms with van der Waals surface area (Å²) in [4.78, 5) is 15.8. The largest absolute Gasteiger partial charge is 0.497 e. The van der Waals surface area contributed by atoms with Gasteiger partial charge in [0, 0.05) is 6.07 Å². The Hall–Kier alpha value is -3.02. The second-order valence-electron chi connectivity index (χ2n) is 4.74. The van der Waals surface area contributed by atoms with E-state index in [9.17, 15) is 13.6 Å². The normalized spacial score (nSPS) is 15.5. The molecular weight excluding hydrogens is 304 g/mol. The van der Waals surface area contributed by atoms with E-state index in [1.54, 1.807) is 24.3 Å². The maximum atomic E-state index is 13.7. The number of cyclic esters (lactones) is 1. The Kier molecular flexibility index (Phi) is 3.89. The highest BCUT2D eigenvalue weighted by molar-refractivity contribution is 6.12. The van der Waals surface area contributed by atoms with E-state index >= 15 is 0 Å². The summed E-state index contributed by atoms with van der Waals surface area (Å²) < 4.78 is 36.7. The van der Waals surface area contributed by atoms with Crippen LogP contribution in [0, 0.1) is 11.6 Å². The van der Waals surface area contributed by atoms with E-state index in [1.807, 2.05) is 0 Å². The molecule has 3 rings (SSSR count). The van der Waals surface area contributed by atoms with Crippen LogP contribution in [0.25, 0.3) is 6.08 Å². The maximum Gasteiger partial charge on any atom is 0.363 e. The highest BCUT2D eigenvalue weighted by Crippen LogP contribution is 2.22. The van der Waals surface area contributed by atoms with Crippen LogP contribution in [0.15, 0.2) is 53.2 Å². The topological polar surface area (TPSA) is 47.9 Å². The number of carbonyl (C=O) groups is 1. The van der Waals surface area contributed by atoms with Gasteiger partial charge in [-0.3, -0.25) is 0 Å². The molecule has 6 heteroatoms. The third-order valence-corrected chi connectivity index (χ3v) is 3.18. The van der Waals surface area contributed by atoms with E-state index in [2.05, 4.69) is 4.99 Å². The predicted octanol–water partition coefficient (Wildman–Crippen LogP) is 3.32. The van der Waals surface area contributed by atoms with Gasteiger partial charge in [-0.1, -0.05) is 12.1 Å². The molecule has 0 saturated carbocycles. The smallest absolute Gasteiger partial charge is 0.363 e. The number of hydrogen-bond donors (Lipinski definition) is 0. The van der Waals surface area contributed by atoms with Gasteiger partial charge < -0.3 is 9.47 Å². The van der Waals surface area contributed by atoms with Crippen molar-refractivity contribution in [1.29, 1.82) is 0 Å². The first-order chi connectivity index (χ1) is 11.1. The molecule has 2 aromatic carbocycles. The summed E-state index contributed by atoms with van der Waals surface area (Å²) in [5.41, 5.74) is 0.631. The van der Waals surface area contributed by atoms with Crippen LogP contribution in [-0.2, 0) is 9.53 Å². The van der Waals surface area contributed by atoms with Crippen molar-refractivity contribution in [2.24, 2.45) is 4.99 Å². The van der Waals surface area contributed by atoms with Gasteiger partial charge in [-0.2, -0.15) is 0 Å². The zero-order chi connectivity index (χ0) is 16.4.